The van der Waals surface area contributed by atoms with Gasteiger partial charge in [0, 0.05) is 30.5 Å². The van der Waals surface area contributed by atoms with Gasteiger partial charge < -0.3 is 10.2 Å². The lowest BCUT2D eigenvalue weighted by Crippen LogP contribution is -2.33. The van der Waals surface area contributed by atoms with E-state index in [1.54, 1.807) is 29.2 Å². The molecule has 1 fully saturated rings. The Labute approximate surface area is 193 Å². The molecule has 1 aliphatic heterocycles. The van der Waals surface area contributed by atoms with Crippen molar-refractivity contribution in [2.45, 2.75) is 29.3 Å². The molecule has 4 rings (SSSR count). The van der Waals surface area contributed by atoms with E-state index in [1.165, 1.54) is 22.9 Å². The first-order valence-electron chi connectivity index (χ1n) is 10.1. The van der Waals surface area contributed by atoms with E-state index < -0.39 is 20.9 Å². The van der Waals surface area contributed by atoms with Gasteiger partial charge in [0.25, 0.3) is 21.3 Å². The predicted molar refractivity (Wildman–Crippen MR) is 120 cm³/mol. The highest BCUT2D eigenvalue weighted by Crippen LogP contribution is 2.25. The maximum Gasteiger partial charge on any atom is 0.295 e. The standard InChI is InChI=1S/C20H20N6O5S2/c27-18(16-9-2-3-10-17(16)33(29,30)31)21-14-7-6-8-15(13-14)26-19(22-23-24-26)32-20(28)25-11-4-1-5-12-25/h2-3,6-10,13H,1,4-5,11-12H2,(H,21,27)(H,29,30,31). The van der Waals surface area contributed by atoms with Crippen LogP contribution < -0.4 is 5.32 Å². The fraction of sp³-hybridized carbons (Fsp3) is 0.250. The van der Waals surface area contributed by atoms with E-state index in [-0.39, 0.29) is 16.0 Å². The van der Waals surface area contributed by atoms with E-state index in [4.69, 9.17) is 0 Å². The molecule has 1 aromatic heterocycles. The Kier molecular flexibility index (Phi) is 6.72. The number of piperidine rings is 1. The highest BCUT2D eigenvalue weighted by atomic mass is 32.2. The molecule has 0 atom stereocenters. The van der Waals surface area contributed by atoms with E-state index in [2.05, 4.69) is 20.8 Å². The van der Waals surface area contributed by atoms with Gasteiger partial charge in [0.1, 0.15) is 4.90 Å². The Morgan fingerprint density at radius 2 is 1.79 bits per heavy atom. The largest absolute Gasteiger partial charge is 0.333 e. The molecule has 172 valence electrons. The Balaban J connectivity index is 1.54. The third-order valence-electron chi connectivity index (χ3n) is 4.99. The van der Waals surface area contributed by atoms with Crippen molar-refractivity contribution < 1.29 is 22.6 Å². The lowest BCUT2D eigenvalue weighted by molar-refractivity contribution is 0.102. The quantitative estimate of drug-likeness (QED) is 0.408. The molecular weight excluding hydrogens is 468 g/mol. The first-order valence-corrected chi connectivity index (χ1v) is 12.3. The average molecular weight is 489 g/mol. The highest BCUT2D eigenvalue weighted by molar-refractivity contribution is 8.13. The Morgan fingerprint density at radius 3 is 2.55 bits per heavy atom. The fourth-order valence-electron chi connectivity index (χ4n) is 3.42. The van der Waals surface area contributed by atoms with Gasteiger partial charge in [-0.1, -0.05) is 18.2 Å². The third-order valence-corrected chi connectivity index (χ3v) is 6.77. The number of hydrogen-bond donors (Lipinski definition) is 2. The summed E-state index contributed by atoms with van der Waals surface area (Å²) < 4.78 is 33.9. The normalized spacial score (nSPS) is 14.2. The maximum absolute atomic E-state index is 12.7. The number of hydrogen-bond acceptors (Lipinski definition) is 8. The number of amides is 2. The van der Waals surface area contributed by atoms with Crippen LogP contribution in [0.25, 0.3) is 5.69 Å². The van der Waals surface area contributed by atoms with Gasteiger partial charge in [-0.3, -0.25) is 14.1 Å². The first kappa shape index (κ1) is 22.9. The van der Waals surface area contributed by atoms with Gasteiger partial charge in [-0.05, 0) is 60.0 Å². The molecule has 1 saturated heterocycles. The van der Waals surface area contributed by atoms with Crippen LogP contribution in [-0.2, 0) is 10.1 Å². The molecule has 2 aromatic carbocycles. The molecule has 0 saturated carbocycles. The van der Waals surface area contributed by atoms with E-state index in [1.807, 2.05) is 0 Å². The smallest absolute Gasteiger partial charge is 0.295 e. The van der Waals surface area contributed by atoms with Crippen molar-refractivity contribution in [3.8, 4) is 5.69 Å². The first-order chi connectivity index (χ1) is 15.8. The number of carbonyl (C=O) groups is 2. The van der Waals surface area contributed by atoms with Crippen LogP contribution in [0, 0.1) is 0 Å². The molecule has 13 heteroatoms. The van der Waals surface area contributed by atoms with E-state index >= 15 is 0 Å². The second-order valence-corrected chi connectivity index (χ2v) is 9.57. The number of rotatable bonds is 5. The lowest BCUT2D eigenvalue weighted by Gasteiger charge is -2.25. The van der Waals surface area contributed by atoms with Crippen LogP contribution in [0.2, 0.25) is 0 Å². The van der Waals surface area contributed by atoms with E-state index in [9.17, 15) is 22.6 Å². The second-order valence-electron chi connectivity index (χ2n) is 7.26. The van der Waals surface area contributed by atoms with E-state index in [0.717, 1.165) is 37.1 Å². The van der Waals surface area contributed by atoms with Crippen molar-refractivity contribution in [3.63, 3.8) is 0 Å². The topological polar surface area (TPSA) is 147 Å². The summed E-state index contributed by atoms with van der Waals surface area (Å²) in [5, 5.41) is 14.3. The van der Waals surface area contributed by atoms with Crippen LogP contribution >= 0.6 is 11.8 Å². The van der Waals surface area contributed by atoms with Crippen LogP contribution in [0.5, 0.6) is 0 Å². The summed E-state index contributed by atoms with van der Waals surface area (Å²) in [6.45, 7) is 1.42. The fourth-order valence-corrected chi connectivity index (χ4v) is 4.88. The summed E-state index contributed by atoms with van der Waals surface area (Å²) in [7, 11) is -4.57. The molecule has 2 heterocycles. The van der Waals surface area contributed by atoms with Gasteiger partial charge in [-0.2, -0.15) is 13.1 Å². The Hall–Kier alpha value is -3.29. The van der Waals surface area contributed by atoms with Gasteiger partial charge in [-0.25, -0.2) is 0 Å². The number of aromatic nitrogens is 4. The third kappa shape index (κ3) is 5.38. The summed E-state index contributed by atoms with van der Waals surface area (Å²) in [5.41, 5.74) is 0.641. The van der Waals surface area contributed by atoms with Crippen molar-refractivity contribution >= 4 is 38.7 Å². The molecule has 0 spiro atoms. The Bertz CT molecular complexity index is 1290. The van der Waals surface area contributed by atoms with Crippen molar-refractivity contribution in [3.05, 3.63) is 54.1 Å². The SMILES string of the molecule is O=C(Nc1cccc(-n2nnnc2SC(=O)N2CCCCC2)c1)c1ccccc1S(=O)(=O)O. The predicted octanol–water partition coefficient (Wildman–Crippen LogP) is 2.86. The number of anilines is 1. The maximum atomic E-state index is 12.7. The molecule has 3 aromatic rings. The number of nitrogens with zero attached hydrogens (tertiary/aromatic N) is 5. The zero-order valence-corrected chi connectivity index (χ0v) is 18.9. The lowest BCUT2D eigenvalue weighted by atomic mass is 10.1. The number of likely N-dealkylation sites (tertiary alicyclic amines) is 1. The van der Waals surface area contributed by atoms with E-state index in [0.29, 0.717) is 24.5 Å². The van der Waals surface area contributed by atoms with Crippen molar-refractivity contribution in [2.24, 2.45) is 0 Å². The molecule has 2 amide bonds. The summed E-state index contributed by atoms with van der Waals surface area (Å²) in [6.07, 6.45) is 3.05. The zero-order chi connectivity index (χ0) is 23.4. The van der Waals surface area contributed by atoms with Crippen LogP contribution in [0.4, 0.5) is 10.5 Å². The minimum atomic E-state index is -4.57. The molecule has 33 heavy (non-hydrogen) atoms. The number of benzene rings is 2. The van der Waals surface area contributed by atoms with Crippen LogP contribution in [0.3, 0.4) is 0 Å². The summed E-state index contributed by atoms with van der Waals surface area (Å²) in [6, 6.07) is 11.9. The number of carbonyl (C=O) groups excluding carboxylic acids is 2. The number of thioether (sulfide) groups is 1. The van der Waals surface area contributed by atoms with Crippen molar-refractivity contribution in [1.29, 1.82) is 0 Å². The van der Waals surface area contributed by atoms with Crippen LogP contribution in [-0.4, -0.2) is 62.3 Å². The monoisotopic (exact) mass is 488 g/mol. The summed E-state index contributed by atoms with van der Waals surface area (Å²) >= 11 is 0.932. The van der Waals surface area contributed by atoms with Gasteiger partial charge in [0.2, 0.25) is 5.16 Å². The van der Waals surface area contributed by atoms with Gasteiger partial charge in [0.05, 0.1) is 11.3 Å². The average Bonchev–Trinajstić information content (AvgIpc) is 3.27. The molecule has 0 bridgehead atoms. The number of nitrogens with one attached hydrogen (secondary N) is 1. The van der Waals surface area contributed by atoms with Crippen LogP contribution in [0.15, 0.2) is 58.6 Å². The molecule has 0 aliphatic carbocycles. The minimum absolute atomic E-state index is 0.128. The number of tetrazole rings is 1. The highest BCUT2D eigenvalue weighted by Gasteiger charge is 2.22. The second kappa shape index (κ2) is 9.68. The Morgan fingerprint density at radius 1 is 1.03 bits per heavy atom. The molecule has 0 unspecified atom stereocenters. The summed E-state index contributed by atoms with van der Waals surface area (Å²) in [4.78, 5) is 26.5. The van der Waals surface area contributed by atoms with Crippen molar-refractivity contribution in [2.75, 3.05) is 18.4 Å². The van der Waals surface area contributed by atoms with Gasteiger partial charge >= 0.3 is 0 Å². The molecular formula is C20H20N6O5S2. The van der Waals surface area contributed by atoms with Gasteiger partial charge in [-0.15, -0.1) is 5.10 Å². The molecule has 2 N–H and O–H groups in total. The van der Waals surface area contributed by atoms with Crippen LogP contribution in [0.1, 0.15) is 29.6 Å². The zero-order valence-electron chi connectivity index (χ0n) is 17.3. The minimum Gasteiger partial charge on any atom is -0.333 e. The van der Waals surface area contributed by atoms with Gasteiger partial charge in [0.15, 0.2) is 0 Å². The molecule has 11 nitrogen and oxygen atoms in total. The molecule has 0 radical (unpaired) electrons. The summed E-state index contributed by atoms with van der Waals surface area (Å²) in [5.74, 6) is -0.716. The molecule has 1 aliphatic rings. The van der Waals surface area contributed by atoms with Crippen molar-refractivity contribution in [1.82, 2.24) is 25.1 Å².